The average Bonchev–Trinajstić information content (AvgIpc) is 2.75. The van der Waals surface area contributed by atoms with Crippen LogP contribution in [0.5, 0.6) is 5.75 Å². The van der Waals surface area contributed by atoms with Gasteiger partial charge in [0.2, 0.25) is 5.75 Å². The van der Waals surface area contributed by atoms with Crippen LogP contribution in [0, 0.1) is 0 Å². The first-order chi connectivity index (χ1) is 9.53. The number of hydrogen-bond acceptors (Lipinski definition) is 7. The van der Waals surface area contributed by atoms with E-state index in [4.69, 9.17) is 19.3 Å². The molecule has 1 aliphatic heterocycles. The number of methoxy groups -OCH3 is 2. The molecule has 4 atom stereocenters. The number of rotatable bonds is 4. The largest absolute Gasteiger partial charge is 0.490 e. The van der Waals surface area contributed by atoms with Gasteiger partial charge in [0.25, 0.3) is 5.56 Å². The number of aliphatic hydroxyl groups excluding tert-OH is 2. The van der Waals surface area contributed by atoms with Gasteiger partial charge in [0.05, 0.1) is 19.9 Å². The van der Waals surface area contributed by atoms with Crippen LogP contribution in [0.3, 0.4) is 0 Å². The van der Waals surface area contributed by atoms with Gasteiger partial charge in [0.1, 0.15) is 18.3 Å². The summed E-state index contributed by atoms with van der Waals surface area (Å²) >= 11 is 0. The molecular formula is C11H16N2O7. The van der Waals surface area contributed by atoms with Gasteiger partial charge in [-0.1, -0.05) is 0 Å². The van der Waals surface area contributed by atoms with Crippen molar-refractivity contribution in [2.45, 2.75) is 24.5 Å². The predicted octanol–water partition coefficient (Wildman–Crippen LogP) is -2.19. The second kappa shape index (κ2) is 5.75. The molecule has 1 saturated heterocycles. The highest BCUT2D eigenvalue weighted by Crippen LogP contribution is 2.30. The van der Waals surface area contributed by atoms with Crippen LogP contribution in [0.25, 0.3) is 0 Å². The summed E-state index contributed by atoms with van der Waals surface area (Å²) in [6, 6.07) is 0. The molecule has 9 heteroatoms. The quantitative estimate of drug-likeness (QED) is 0.575. The van der Waals surface area contributed by atoms with E-state index in [9.17, 15) is 14.7 Å². The molecule has 0 amide bonds. The third kappa shape index (κ3) is 2.36. The molecule has 9 nitrogen and oxygen atoms in total. The third-order valence-corrected chi connectivity index (χ3v) is 3.19. The van der Waals surface area contributed by atoms with Crippen LogP contribution in [0.4, 0.5) is 0 Å². The molecule has 2 rings (SSSR count). The summed E-state index contributed by atoms with van der Waals surface area (Å²) in [5.41, 5.74) is -1.39. The van der Waals surface area contributed by atoms with Crippen molar-refractivity contribution >= 4 is 0 Å². The average molecular weight is 288 g/mol. The SMILES string of the molecule is COc1cn([C@@H]2O[C@H](CO)[C@@H](O)[C@H]2OC)c(=O)[nH]c1=O. The van der Waals surface area contributed by atoms with Crippen molar-refractivity contribution in [2.75, 3.05) is 20.8 Å². The predicted molar refractivity (Wildman–Crippen MR) is 65.7 cm³/mol. The molecule has 1 aromatic heterocycles. The second-order valence-corrected chi connectivity index (χ2v) is 4.30. The van der Waals surface area contributed by atoms with Gasteiger partial charge >= 0.3 is 5.69 Å². The first kappa shape index (κ1) is 14.7. The van der Waals surface area contributed by atoms with Crippen molar-refractivity contribution in [3.8, 4) is 5.75 Å². The fraction of sp³-hybridized carbons (Fsp3) is 0.636. The Morgan fingerprint density at radius 3 is 2.70 bits per heavy atom. The highest BCUT2D eigenvalue weighted by Gasteiger charge is 2.45. The van der Waals surface area contributed by atoms with Gasteiger partial charge in [-0.15, -0.1) is 0 Å². The molecule has 1 fully saturated rings. The summed E-state index contributed by atoms with van der Waals surface area (Å²) in [5, 5.41) is 19.0. The van der Waals surface area contributed by atoms with Crippen LogP contribution in [0.1, 0.15) is 6.23 Å². The standard InChI is InChI=1S/C11H16N2O7/c1-18-5-3-13(11(17)12-9(5)16)10-8(19-2)7(15)6(4-14)20-10/h3,6-8,10,14-15H,4H2,1-2H3,(H,12,16,17)/t6-,7-,8-,10-/m1/s1. The van der Waals surface area contributed by atoms with Crippen molar-refractivity contribution in [3.63, 3.8) is 0 Å². The summed E-state index contributed by atoms with van der Waals surface area (Å²) in [4.78, 5) is 25.3. The molecule has 1 aliphatic rings. The maximum atomic E-state index is 11.8. The molecule has 1 aromatic rings. The number of nitrogens with one attached hydrogen (secondary N) is 1. The van der Waals surface area contributed by atoms with E-state index >= 15 is 0 Å². The molecule has 0 aromatic carbocycles. The number of hydrogen-bond donors (Lipinski definition) is 3. The molecule has 0 aliphatic carbocycles. The van der Waals surface area contributed by atoms with E-state index in [1.807, 2.05) is 0 Å². The Hall–Kier alpha value is -1.68. The van der Waals surface area contributed by atoms with Crippen molar-refractivity contribution in [2.24, 2.45) is 0 Å². The number of nitrogens with zero attached hydrogens (tertiary/aromatic N) is 1. The zero-order valence-corrected chi connectivity index (χ0v) is 11.0. The topological polar surface area (TPSA) is 123 Å². The lowest BCUT2D eigenvalue weighted by Gasteiger charge is -2.20. The van der Waals surface area contributed by atoms with E-state index in [2.05, 4.69) is 4.98 Å². The van der Waals surface area contributed by atoms with E-state index in [1.165, 1.54) is 20.4 Å². The van der Waals surface area contributed by atoms with E-state index in [-0.39, 0.29) is 5.75 Å². The summed E-state index contributed by atoms with van der Waals surface area (Å²) in [6.07, 6.45) is -2.65. The highest BCUT2D eigenvalue weighted by atomic mass is 16.6. The fourth-order valence-electron chi connectivity index (χ4n) is 2.15. The van der Waals surface area contributed by atoms with Gasteiger partial charge in [-0.3, -0.25) is 14.3 Å². The second-order valence-electron chi connectivity index (χ2n) is 4.30. The molecular weight excluding hydrogens is 272 g/mol. The zero-order chi connectivity index (χ0) is 14.9. The number of H-pyrrole nitrogens is 1. The van der Waals surface area contributed by atoms with Crippen LogP contribution >= 0.6 is 0 Å². The zero-order valence-electron chi connectivity index (χ0n) is 11.0. The Labute approximate surface area is 113 Å². The molecule has 0 saturated carbocycles. The van der Waals surface area contributed by atoms with Crippen LogP contribution < -0.4 is 16.0 Å². The first-order valence-electron chi connectivity index (χ1n) is 5.90. The lowest BCUT2D eigenvalue weighted by molar-refractivity contribution is -0.0628. The van der Waals surface area contributed by atoms with E-state index in [0.29, 0.717) is 0 Å². The van der Waals surface area contributed by atoms with Gasteiger partial charge in [0, 0.05) is 7.11 Å². The lowest BCUT2D eigenvalue weighted by Crippen LogP contribution is -2.39. The van der Waals surface area contributed by atoms with Gasteiger partial charge in [-0.05, 0) is 0 Å². The molecule has 0 bridgehead atoms. The van der Waals surface area contributed by atoms with E-state index in [1.54, 1.807) is 0 Å². The van der Waals surface area contributed by atoms with Crippen LogP contribution in [-0.2, 0) is 9.47 Å². The summed E-state index contributed by atoms with van der Waals surface area (Å²) in [7, 11) is 2.63. The van der Waals surface area contributed by atoms with E-state index < -0.39 is 42.4 Å². The highest BCUT2D eigenvalue weighted by molar-refractivity contribution is 5.12. The molecule has 2 heterocycles. The molecule has 112 valence electrons. The van der Waals surface area contributed by atoms with Crippen molar-refractivity contribution in [3.05, 3.63) is 27.0 Å². The number of aromatic amines is 1. The Bertz CT molecular complexity index is 581. The first-order valence-corrected chi connectivity index (χ1v) is 5.90. The molecule has 0 unspecified atom stereocenters. The molecule has 0 spiro atoms. The fourth-order valence-corrected chi connectivity index (χ4v) is 2.15. The number of aromatic nitrogens is 2. The van der Waals surface area contributed by atoms with Crippen LogP contribution in [-0.4, -0.2) is 58.9 Å². The number of aliphatic hydroxyl groups is 2. The Morgan fingerprint density at radius 1 is 1.45 bits per heavy atom. The Kier molecular flexibility index (Phi) is 4.23. The minimum Gasteiger partial charge on any atom is -0.490 e. The molecule has 20 heavy (non-hydrogen) atoms. The van der Waals surface area contributed by atoms with Gasteiger partial charge in [0.15, 0.2) is 6.23 Å². The Morgan fingerprint density at radius 2 is 2.15 bits per heavy atom. The smallest absolute Gasteiger partial charge is 0.330 e. The normalized spacial score (nSPS) is 29.6. The molecule has 0 radical (unpaired) electrons. The maximum Gasteiger partial charge on any atom is 0.330 e. The Balaban J connectivity index is 2.45. The summed E-state index contributed by atoms with van der Waals surface area (Å²) in [6.45, 7) is -0.424. The monoisotopic (exact) mass is 288 g/mol. The lowest BCUT2D eigenvalue weighted by atomic mass is 10.1. The summed E-state index contributed by atoms with van der Waals surface area (Å²) < 4.78 is 16.4. The van der Waals surface area contributed by atoms with Gasteiger partial charge in [-0.2, -0.15) is 0 Å². The number of ether oxygens (including phenoxy) is 3. The maximum absolute atomic E-state index is 11.8. The minimum absolute atomic E-state index is 0.0787. The third-order valence-electron chi connectivity index (χ3n) is 3.19. The van der Waals surface area contributed by atoms with Crippen molar-refractivity contribution in [1.29, 1.82) is 0 Å². The van der Waals surface area contributed by atoms with Gasteiger partial charge < -0.3 is 24.4 Å². The van der Waals surface area contributed by atoms with E-state index in [0.717, 1.165) is 4.57 Å². The molecule has 3 N–H and O–H groups in total. The van der Waals surface area contributed by atoms with Crippen molar-refractivity contribution in [1.82, 2.24) is 9.55 Å². The van der Waals surface area contributed by atoms with Crippen LogP contribution in [0.15, 0.2) is 15.8 Å². The van der Waals surface area contributed by atoms with Crippen molar-refractivity contribution < 1.29 is 24.4 Å². The van der Waals surface area contributed by atoms with Crippen LogP contribution in [0.2, 0.25) is 0 Å². The summed E-state index contributed by atoms with van der Waals surface area (Å²) in [5.74, 6) is -0.0787. The minimum atomic E-state index is -1.10. The van der Waals surface area contributed by atoms with Gasteiger partial charge in [-0.25, -0.2) is 4.79 Å².